The van der Waals surface area contributed by atoms with E-state index >= 15 is 0 Å². The van der Waals surface area contributed by atoms with Crippen molar-refractivity contribution < 1.29 is 9.53 Å². The van der Waals surface area contributed by atoms with Crippen LogP contribution in [0.1, 0.15) is 11.1 Å². The second kappa shape index (κ2) is 6.95. The summed E-state index contributed by atoms with van der Waals surface area (Å²) >= 11 is 0. The van der Waals surface area contributed by atoms with E-state index in [2.05, 4.69) is 15.4 Å². The Morgan fingerprint density at radius 3 is 2.75 bits per heavy atom. The normalized spacial score (nSPS) is 10.4. The monoisotopic (exact) mass is 322 g/mol. The lowest BCUT2D eigenvalue weighted by Gasteiger charge is -2.10. The highest BCUT2D eigenvalue weighted by Gasteiger charge is 2.10. The van der Waals surface area contributed by atoms with Gasteiger partial charge in [-0.15, -0.1) is 0 Å². The number of pyridine rings is 1. The van der Waals surface area contributed by atoms with Crippen molar-refractivity contribution in [1.82, 2.24) is 14.8 Å². The fourth-order valence-electron chi connectivity index (χ4n) is 2.38. The van der Waals surface area contributed by atoms with Crippen LogP contribution in [0.25, 0.3) is 5.69 Å². The first-order chi connectivity index (χ1) is 11.7. The smallest absolute Gasteiger partial charge is 0.237 e. The number of hydrogen-bond donors (Lipinski definition) is 1. The van der Waals surface area contributed by atoms with Crippen LogP contribution in [-0.2, 0) is 11.2 Å². The van der Waals surface area contributed by atoms with Crippen LogP contribution in [0.15, 0.2) is 55.0 Å². The Morgan fingerprint density at radius 1 is 1.29 bits per heavy atom. The Bertz CT molecular complexity index is 827. The molecule has 0 bridgehead atoms. The molecule has 1 aromatic carbocycles. The van der Waals surface area contributed by atoms with Crippen LogP contribution in [0.4, 0.5) is 5.69 Å². The Kier molecular flexibility index (Phi) is 4.56. The summed E-state index contributed by atoms with van der Waals surface area (Å²) in [5, 5.41) is 7.03. The summed E-state index contributed by atoms with van der Waals surface area (Å²) in [6.07, 6.45) is 5.57. The van der Waals surface area contributed by atoms with Crippen LogP contribution < -0.4 is 10.1 Å². The van der Waals surface area contributed by atoms with Gasteiger partial charge in [0.05, 0.1) is 19.2 Å². The molecule has 6 nitrogen and oxygen atoms in total. The molecule has 0 aliphatic rings. The minimum absolute atomic E-state index is 0.118. The molecular formula is C18H18N4O2. The van der Waals surface area contributed by atoms with Crippen LogP contribution >= 0.6 is 0 Å². The van der Waals surface area contributed by atoms with Gasteiger partial charge in [-0.1, -0.05) is 12.1 Å². The van der Waals surface area contributed by atoms with Gasteiger partial charge >= 0.3 is 0 Å². The molecule has 0 unspecified atom stereocenters. The summed E-state index contributed by atoms with van der Waals surface area (Å²) in [6.45, 7) is 1.91. The van der Waals surface area contributed by atoms with Gasteiger partial charge < -0.3 is 10.1 Å². The number of carbonyl (C=O) groups excluding carboxylic acids is 1. The summed E-state index contributed by atoms with van der Waals surface area (Å²) in [5.74, 6) is 0.288. The van der Waals surface area contributed by atoms with Gasteiger partial charge in [0.1, 0.15) is 5.69 Å². The van der Waals surface area contributed by atoms with E-state index in [-0.39, 0.29) is 12.3 Å². The molecule has 0 fully saturated rings. The van der Waals surface area contributed by atoms with Crippen molar-refractivity contribution >= 4 is 11.6 Å². The predicted molar refractivity (Wildman–Crippen MR) is 91.4 cm³/mol. The van der Waals surface area contributed by atoms with E-state index in [0.29, 0.717) is 11.6 Å². The minimum Gasteiger partial charge on any atom is -0.480 e. The Balaban J connectivity index is 1.68. The number of nitrogens with one attached hydrogen (secondary N) is 1. The molecule has 0 saturated carbocycles. The Labute approximate surface area is 140 Å². The molecule has 0 radical (unpaired) electrons. The molecule has 3 aromatic rings. The van der Waals surface area contributed by atoms with Crippen molar-refractivity contribution in [3.8, 4) is 11.6 Å². The van der Waals surface area contributed by atoms with E-state index < -0.39 is 0 Å². The van der Waals surface area contributed by atoms with Crippen LogP contribution in [0.5, 0.6) is 5.88 Å². The van der Waals surface area contributed by atoms with Crippen LogP contribution in [0, 0.1) is 6.92 Å². The second-order valence-electron chi connectivity index (χ2n) is 5.41. The van der Waals surface area contributed by atoms with Gasteiger partial charge in [-0.25, -0.2) is 9.67 Å². The molecule has 0 saturated heterocycles. The average Bonchev–Trinajstić information content (AvgIpc) is 3.10. The van der Waals surface area contributed by atoms with E-state index in [1.54, 1.807) is 17.1 Å². The predicted octanol–water partition coefficient (Wildman–Crippen LogP) is 2.77. The molecule has 2 aromatic heterocycles. The Morgan fingerprint density at radius 2 is 2.08 bits per heavy atom. The average molecular weight is 322 g/mol. The first-order valence-electron chi connectivity index (χ1n) is 7.55. The Hall–Kier alpha value is -3.15. The van der Waals surface area contributed by atoms with E-state index in [9.17, 15) is 4.79 Å². The van der Waals surface area contributed by atoms with Gasteiger partial charge in [0.25, 0.3) is 0 Å². The largest absolute Gasteiger partial charge is 0.480 e. The first kappa shape index (κ1) is 15.7. The van der Waals surface area contributed by atoms with E-state index in [1.165, 1.54) is 7.11 Å². The zero-order valence-corrected chi connectivity index (χ0v) is 13.6. The van der Waals surface area contributed by atoms with Crippen molar-refractivity contribution in [1.29, 1.82) is 0 Å². The molecule has 24 heavy (non-hydrogen) atoms. The van der Waals surface area contributed by atoms with Crippen molar-refractivity contribution in [3.05, 3.63) is 66.1 Å². The molecule has 0 atom stereocenters. The van der Waals surface area contributed by atoms with Gasteiger partial charge in [-0.3, -0.25) is 4.79 Å². The van der Waals surface area contributed by atoms with E-state index in [4.69, 9.17) is 4.74 Å². The number of aromatic nitrogens is 3. The lowest BCUT2D eigenvalue weighted by molar-refractivity contribution is -0.115. The number of anilines is 1. The first-order valence-corrected chi connectivity index (χ1v) is 7.55. The fraction of sp³-hybridized carbons (Fsp3) is 0.167. The summed E-state index contributed by atoms with van der Waals surface area (Å²) in [7, 11) is 1.53. The van der Waals surface area contributed by atoms with Gasteiger partial charge in [-0.05, 0) is 42.3 Å². The zero-order chi connectivity index (χ0) is 16.9. The van der Waals surface area contributed by atoms with E-state index in [1.807, 2.05) is 49.5 Å². The molecule has 0 spiro atoms. The standard InChI is InChI=1S/C18H18N4O2/c1-13-10-16(18(24-2)19-12-13)21-17(23)11-14-4-6-15(7-5-14)22-9-3-8-20-22/h3-10,12H,11H2,1-2H3,(H,21,23). The number of hydrogen-bond acceptors (Lipinski definition) is 4. The maximum atomic E-state index is 12.3. The number of methoxy groups -OCH3 is 1. The maximum Gasteiger partial charge on any atom is 0.237 e. The zero-order valence-electron chi connectivity index (χ0n) is 13.6. The molecule has 122 valence electrons. The second-order valence-corrected chi connectivity index (χ2v) is 5.41. The van der Waals surface area contributed by atoms with Crippen LogP contribution in [0.3, 0.4) is 0 Å². The number of rotatable bonds is 5. The van der Waals surface area contributed by atoms with Crippen molar-refractivity contribution in [2.75, 3.05) is 12.4 Å². The van der Waals surface area contributed by atoms with Gasteiger partial charge in [0.15, 0.2) is 0 Å². The van der Waals surface area contributed by atoms with Gasteiger partial charge in [-0.2, -0.15) is 5.10 Å². The summed E-state index contributed by atoms with van der Waals surface area (Å²) < 4.78 is 6.94. The molecule has 3 rings (SSSR count). The fourth-order valence-corrected chi connectivity index (χ4v) is 2.38. The lowest BCUT2D eigenvalue weighted by atomic mass is 10.1. The topological polar surface area (TPSA) is 69.0 Å². The lowest BCUT2D eigenvalue weighted by Crippen LogP contribution is -2.15. The highest BCUT2D eigenvalue weighted by Crippen LogP contribution is 2.22. The van der Waals surface area contributed by atoms with Gasteiger partial charge in [0, 0.05) is 18.6 Å². The summed E-state index contributed by atoms with van der Waals surface area (Å²) in [4.78, 5) is 16.4. The SMILES string of the molecule is COc1ncc(C)cc1NC(=O)Cc1ccc(-n2cccn2)cc1. The molecule has 0 aliphatic carbocycles. The third-order valence-corrected chi connectivity index (χ3v) is 3.53. The maximum absolute atomic E-state index is 12.3. The van der Waals surface area contributed by atoms with Crippen molar-refractivity contribution in [3.63, 3.8) is 0 Å². The molecule has 6 heteroatoms. The third-order valence-electron chi connectivity index (χ3n) is 3.53. The van der Waals surface area contributed by atoms with Crippen LogP contribution in [0.2, 0.25) is 0 Å². The number of nitrogens with zero attached hydrogens (tertiary/aromatic N) is 3. The van der Waals surface area contributed by atoms with Crippen LogP contribution in [-0.4, -0.2) is 27.8 Å². The quantitative estimate of drug-likeness (QED) is 0.784. The van der Waals surface area contributed by atoms with Crippen molar-refractivity contribution in [2.45, 2.75) is 13.3 Å². The van der Waals surface area contributed by atoms with Gasteiger partial charge in [0.2, 0.25) is 11.8 Å². The van der Waals surface area contributed by atoms with E-state index in [0.717, 1.165) is 16.8 Å². The highest BCUT2D eigenvalue weighted by atomic mass is 16.5. The number of aryl methyl sites for hydroxylation is 1. The summed E-state index contributed by atoms with van der Waals surface area (Å²) in [6, 6.07) is 11.4. The number of benzene rings is 1. The summed E-state index contributed by atoms with van der Waals surface area (Å²) in [5.41, 5.74) is 3.40. The third kappa shape index (κ3) is 3.60. The number of amides is 1. The van der Waals surface area contributed by atoms with Crippen molar-refractivity contribution in [2.24, 2.45) is 0 Å². The molecule has 2 heterocycles. The molecule has 0 aliphatic heterocycles. The molecule has 1 N–H and O–H groups in total. The highest BCUT2D eigenvalue weighted by molar-refractivity contribution is 5.93. The molecule has 1 amide bonds. The minimum atomic E-state index is -0.118. The number of carbonyl (C=O) groups is 1. The number of ether oxygens (including phenoxy) is 1. The molecular weight excluding hydrogens is 304 g/mol.